The Morgan fingerprint density at radius 2 is 2.00 bits per heavy atom. The molecule has 1 aromatic heterocycles. The molecule has 0 unspecified atom stereocenters. The van der Waals surface area contributed by atoms with Crippen molar-refractivity contribution in [2.45, 2.75) is 25.7 Å². The van der Waals surface area contributed by atoms with Crippen molar-refractivity contribution in [3.63, 3.8) is 0 Å². The van der Waals surface area contributed by atoms with Crippen molar-refractivity contribution >= 4 is 11.7 Å². The maximum Gasteiger partial charge on any atom is 0.308 e. The molecule has 19 heavy (non-hydrogen) atoms. The monoisotopic (exact) mass is 262 g/mol. The summed E-state index contributed by atoms with van der Waals surface area (Å²) < 4.78 is 4.74. The average molecular weight is 262 g/mol. The molecule has 102 valence electrons. The SMILES string of the molecule is COC(=O)C1CCC(C(=N)c2ncccc2O)CC1. The number of hydrogen-bond acceptors (Lipinski definition) is 5. The molecule has 0 bridgehead atoms. The standard InChI is InChI=1S/C14H18N2O3/c1-19-14(18)10-6-4-9(5-7-10)12(15)13-11(17)3-2-8-16-13/h2-3,8-10,15,17H,4-7H2,1H3. The van der Waals surface area contributed by atoms with Crippen LogP contribution in [0.15, 0.2) is 18.3 Å². The number of aromatic nitrogens is 1. The number of hydrogen-bond donors (Lipinski definition) is 2. The first-order valence-electron chi connectivity index (χ1n) is 6.44. The highest BCUT2D eigenvalue weighted by molar-refractivity contribution is 6.00. The summed E-state index contributed by atoms with van der Waals surface area (Å²) in [6.07, 6.45) is 4.55. The molecule has 0 spiro atoms. The molecule has 1 heterocycles. The van der Waals surface area contributed by atoms with Crippen LogP contribution in [0.3, 0.4) is 0 Å². The number of aromatic hydroxyl groups is 1. The normalized spacial score (nSPS) is 22.8. The van der Waals surface area contributed by atoms with Crippen LogP contribution in [0.25, 0.3) is 0 Å². The molecule has 0 saturated heterocycles. The fraction of sp³-hybridized carbons (Fsp3) is 0.500. The Hall–Kier alpha value is -1.91. The Kier molecular flexibility index (Phi) is 4.14. The zero-order chi connectivity index (χ0) is 13.8. The van der Waals surface area contributed by atoms with Crippen LogP contribution in [0, 0.1) is 17.2 Å². The van der Waals surface area contributed by atoms with Gasteiger partial charge in [0, 0.05) is 12.1 Å². The second-order valence-corrected chi connectivity index (χ2v) is 4.86. The predicted octanol–water partition coefficient (Wildman–Crippen LogP) is 2.13. The number of carbonyl (C=O) groups is 1. The number of methoxy groups -OCH3 is 1. The van der Waals surface area contributed by atoms with Crippen molar-refractivity contribution in [1.82, 2.24) is 4.98 Å². The quantitative estimate of drug-likeness (QED) is 0.645. The fourth-order valence-corrected chi connectivity index (χ4v) is 2.58. The first-order valence-corrected chi connectivity index (χ1v) is 6.44. The van der Waals surface area contributed by atoms with Gasteiger partial charge in [-0.15, -0.1) is 0 Å². The molecule has 0 radical (unpaired) electrons. The van der Waals surface area contributed by atoms with Crippen LogP contribution >= 0.6 is 0 Å². The second kappa shape index (κ2) is 5.82. The van der Waals surface area contributed by atoms with Gasteiger partial charge in [0.25, 0.3) is 0 Å². The van der Waals surface area contributed by atoms with Crippen molar-refractivity contribution in [1.29, 1.82) is 5.41 Å². The van der Waals surface area contributed by atoms with E-state index in [2.05, 4.69) is 4.98 Å². The van der Waals surface area contributed by atoms with Crippen molar-refractivity contribution in [3.8, 4) is 5.75 Å². The third kappa shape index (κ3) is 2.92. The van der Waals surface area contributed by atoms with E-state index in [0.29, 0.717) is 11.4 Å². The van der Waals surface area contributed by atoms with Crippen LogP contribution < -0.4 is 0 Å². The van der Waals surface area contributed by atoms with E-state index in [9.17, 15) is 9.90 Å². The van der Waals surface area contributed by atoms with Gasteiger partial charge in [-0.05, 0) is 37.8 Å². The van der Waals surface area contributed by atoms with Crippen molar-refractivity contribution < 1.29 is 14.6 Å². The summed E-state index contributed by atoms with van der Waals surface area (Å²) >= 11 is 0. The van der Waals surface area contributed by atoms with E-state index in [-0.39, 0.29) is 23.6 Å². The van der Waals surface area contributed by atoms with E-state index >= 15 is 0 Å². The highest BCUT2D eigenvalue weighted by atomic mass is 16.5. The highest BCUT2D eigenvalue weighted by Gasteiger charge is 2.30. The smallest absolute Gasteiger partial charge is 0.308 e. The molecular weight excluding hydrogens is 244 g/mol. The van der Waals surface area contributed by atoms with Gasteiger partial charge in [-0.3, -0.25) is 9.78 Å². The van der Waals surface area contributed by atoms with E-state index in [1.54, 1.807) is 12.3 Å². The molecule has 1 aliphatic carbocycles. The number of nitrogens with one attached hydrogen (secondary N) is 1. The topological polar surface area (TPSA) is 83.3 Å². The Balaban J connectivity index is 2.00. The van der Waals surface area contributed by atoms with Crippen molar-refractivity contribution in [2.75, 3.05) is 7.11 Å². The molecule has 1 aliphatic rings. The minimum atomic E-state index is -0.161. The lowest BCUT2D eigenvalue weighted by atomic mass is 9.79. The second-order valence-electron chi connectivity index (χ2n) is 4.86. The number of ether oxygens (including phenoxy) is 1. The summed E-state index contributed by atoms with van der Waals surface area (Å²) in [5.74, 6) is -0.110. The van der Waals surface area contributed by atoms with E-state index < -0.39 is 0 Å². The molecule has 1 saturated carbocycles. The zero-order valence-electron chi connectivity index (χ0n) is 10.9. The Labute approximate surface area is 112 Å². The fourth-order valence-electron chi connectivity index (χ4n) is 2.58. The van der Waals surface area contributed by atoms with Crippen LogP contribution in [-0.2, 0) is 9.53 Å². The lowest BCUT2D eigenvalue weighted by molar-refractivity contribution is -0.146. The van der Waals surface area contributed by atoms with Crippen LogP contribution in [0.1, 0.15) is 31.4 Å². The molecule has 5 heteroatoms. The van der Waals surface area contributed by atoms with Crippen molar-refractivity contribution in [2.24, 2.45) is 11.8 Å². The van der Waals surface area contributed by atoms with Gasteiger partial charge in [-0.25, -0.2) is 0 Å². The first-order chi connectivity index (χ1) is 9.13. The Morgan fingerprint density at radius 1 is 1.37 bits per heavy atom. The van der Waals surface area contributed by atoms with Gasteiger partial charge in [0.05, 0.1) is 18.7 Å². The molecule has 0 aliphatic heterocycles. The minimum Gasteiger partial charge on any atom is -0.506 e. The lowest BCUT2D eigenvalue weighted by Crippen LogP contribution is -2.27. The average Bonchev–Trinajstić information content (AvgIpc) is 2.46. The summed E-state index contributed by atoms with van der Waals surface area (Å²) in [7, 11) is 1.41. The van der Waals surface area contributed by atoms with E-state index in [1.165, 1.54) is 13.2 Å². The largest absolute Gasteiger partial charge is 0.506 e. The van der Waals surface area contributed by atoms with E-state index in [1.807, 2.05) is 0 Å². The van der Waals surface area contributed by atoms with Gasteiger partial charge in [-0.2, -0.15) is 0 Å². The van der Waals surface area contributed by atoms with Gasteiger partial charge < -0.3 is 15.3 Å². The number of esters is 1. The summed E-state index contributed by atoms with van der Waals surface area (Å²) in [6.45, 7) is 0. The number of carbonyl (C=O) groups excluding carboxylic acids is 1. The van der Waals surface area contributed by atoms with Gasteiger partial charge in [0.1, 0.15) is 11.4 Å². The number of nitrogens with zero attached hydrogens (tertiary/aromatic N) is 1. The lowest BCUT2D eigenvalue weighted by Gasteiger charge is -2.27. The zero-order valence-corrected chi connectivity index (χ0v) is 10.9. The van der Waals surface area contributed by atoms with Gasteiger partial charge >= 0.3 is 5.97 Å². The van der Waals surface area contributed by atoms with Crippen LogP contribution in [-0.4, -0.2) is 28.9 Å². The molecule has 0 atom stereocenters. The Morgan fingerprint density at radius 3 is 2.58 bits per heavy atom. The third-order valence-corrected chi connectivity index (χ3v) is 3.71. The molecule has 2 rings (SSSR count). The van der Waals surface area contributed by atoms with E-state index in [0.717, 1.165) is 25.7 Å². The number of rotatable bonds is 3. The van der Waals surface area contributed by atoms with Gasteiger partial charge in [-0.1, -0.05) is 0 Å². The minimum absolute atomic E-state index is 0.0441. The molecule has 5 nitrogen and oxygen atoms in total. The van der Waals surface area contributed by atoms with E-state index in [4.69, 9.17) is 10.1 Å². The number of pyridine rings is 1. The molecule has 0 amide bonds. The summed E-state index contributed by atoms with van der Waals surface area (Å²) in [6, 6.07) is 3.18. The summed E-state index contributed by atoms with van der Waals surface area (Å²) in [4.78, 5) is 15.5. The predicted molar refractivity (Wildman–Crippen MR) is 70.2 cm³/mol. The van der Waals surface area contributed by atoms with Crippen LogP contribution in [0.5, 0.6) is 5.75 Å². The molecule has 1 fully saturated rings. The summed E-state index contributed by atoms with van der Waals surface area (Å²) in [5, 5.41) is 17.9. The highest BCUT2D eigenvalue weighted by Crippen LogP contribution is 2.32. The van der Waals surface area contributed by atoms with Crippen LogP contribution in [0.2, 0.25) is 0 Å². The molecular formula is C14H18N2O3. The first kappa shape index (κ1) is 13.5. The van der Waals surface area contributed by atoms with Crippen molar-refractivity contribution in [3.05, 3.63) is 24.0 Å². The molecule has 2 N–H and O–H groups in total. The van der Waals surface area contributed by atoms with Gasteiger partial charge in [0.2, 0.25) is 0 Å². The molecule has 1 aromatic rings. The maximum atomic E-state index is 11.4. The Bertz CT molecular complexity index is 479. The van der Waals surface area contributed by atoms with Crippen LogP contribution in [0.4, 0.5) is 0 Å². The maximum absolute atomic E-state index is 11.4. The van der Waals surface area contributed by atoms with Gasteiger partial charge in [0.15, 0.2) is 0 Å². The summed E-state index contributed by atoms with van der Waals surface area (Å²) in [5.41, 5.74) is 0.713. The third-order valence-electron chi connectivity index (χ3n) is 3.71. The molecule has 0 aromatic carbocycles.